The van der Waals surface area contributed by atoms with Gasteiger partial charge in [0.25, 0.3) is 0 Å². The molecule has 0 radical (unpaired) electrons. The summed E-state index contributed by atoms with van der Waals surface area (Å²) >= 11 is 0. The van der Waals surface area contributed by atoms with Gasteiger partial charge in [0.05, 0.1) is 6.26 Å². The monoisotopic (exact) mass is 318 g/mol. The number of sulfonamides is 1. The molecule has 0 saturated carbocycles. The molecule has 0 aliphatic carbocycles. The lowest BCUT2D eigenvalue weighted by Gasteiger charge is -2.38. The van der Waals surface area contributed by atoms with Crippen molar-refractivity contribution in [3.05, 3.63) is 0 Å². The predicted molar refractivity (Wildman–Crippen MR) is 80.3 cm³/mol. The first kappa shape index (κ1) is 16.7. The summed E-state index contributed by atoms with van der Waals surface area (Å²) in [7, 11) is -3.22. The number of amides is 1. The van der Waals surface area contributed by atoms with E-state index in [4.69, 9.17) is 4.74 Å². The molecule has 0 bridgehead atoms. The fourth-order valence-electron chi connectivity index (χ4n) is 3.35. The molecule has 2 saturated heterocycles. The van der Waals surface area contributed by atoms with Crippen LogP contribution in [0.1, 0.15) is 33.1 Å². The van der Waals surface area contributed by atoms with Crippen molar-refractivity contribution in [2.75, 3.05) is 32.6 Å². The number of ether oxygens (including phenoxy) is 1. The molecule has 2 rings (SSSR count). The van der Waals surface area contributed by atoms with Crippen molar-refractivity contribution in [1.29, 1.82) is 0 Å². The largest absolute Gasteiger partial charge is 0.381 e. The second kappa shape index (κ2) is 6.22. The van der Waals surface area contributed by atoms with E-state index in [1.165, 1.54) is 0 Å². The minimum Gasteiger partial charge on any atom is -0.381 e. The van der Waals surface area contributed by atoms with E-state index < -0.39 is 15.4 Å². The molecule has 21 heavy (non-hydrogen) atoms. The van der Waals surface area contributed by atoms with Crippen LogP contribution in [0.25, 0.3) is 0 Å². The van der Waals surface area contributed by atoms with E-state index in [0.29, 0.717) is 25.4 Å². The predicted octanol–water partition coefficient (Wildman–Crippen LogP) is 0.589. The summed E-state index contributed by atoms with van der Waals surface area (Å²) in [4.78, 5) is 14.6. The Kier molecular flexibility index (Phi) is 4.95. The molecule has 1 N–H and O–H groups in total. The highest BCUT2D eigenvalue weighted by Gasteiger charge is 2.42. The average molecular weight is 318 g/mol. The molecule has 7 heteroatoms. The molecule has 1 atom stereocenters. The number of carbonyl (C=O) groups is 1. The molecule has 2 heterocycles. The molecule has 1 amide bonds. The maximum absolute atomic E-state index is 12.8. The van der Waals surface area contributed by atoms with Gasteiger partial charge in [0.15, 0.2) is 0 Å². The van der Waals surface area contributed by atoms with E-state index in [0.717, 1.165) is 32.3 Å². The Morgan fingerprint density at radius 2 is 1.86 bits per heavy atom. The van der Waals surface area contributed by atoms with Gasteiger partial charge in [-0.25, -0.2) is 13.1 Å². The Bertz CT molecular complexity index is 483. The highest BCUT2D eigenvalue weighted by atomic mass is 32.2. The zero-order chi connectivity index (χ0) is 15.7. The van der Waals surface area contributed by atoms with Gasteiger partial charge in [-0.1, -0.05) is 13.8 Å². The van der Waals surface area contributed by atoms with Crippen LogP contribution in [0.3, 0.4) is 0 Å². The van der Waals surface area contributed by atoms with Crippen molar-refractivity contribution in [2.45, 2.75) is 39.2 Å². The number of hydrogen-bond acceptors (Lipinski definition) is 4. The first-order valence-electron chi connectivity index (χ1n) is 7.54. The Morgan fingerprint density at radius 1 is 1.24 bits per heavy atom. The van der Waals surface area contributed by atoms with Gasteiger partial charge < -0.3 is 9.64 Å². The van der Waals surface area contributed by atoms with Gasteiger partial charge in [0.2, 0.25) is 15.9 Å². The molecule has 2 fully saturated rings. The SMILES string of the molecule is CC(C)(C(=O)N1CC[C@H](NS(C)(=O)=O)C1)C1CCOCC1. The van der Waals surface area contributed by atoms with E-state index in [1.54, 1.807) is 4.90 Å². The average Bonchev–Trinajstić information content (AvgIpc) is 2.85. The summed E-state index contributed by atoms with van der Waals surface area (Å²) in [5.41, 5.74) is -0.413. The summed E-state index contributed by atoms with van der Waals surface area (Å²) in [6.07, 6.45) is 3.67. The van der Waals surface area contributed by atoms with Gasteiger partial charge in [0.1, 0.15) is 0 Å². The zero-order valence-electron chi connectivity index (χ0n) is 13.1. The molecule has 2 aliphatic rings. The van der Waals surface area contributed by atoms with Crippen LogP contribution in [-0.2, 0) is 19.6 Å². The lowest BCUT2D eigenvalue weighted by Crippen LogP contribution is -2.46. The number of nitrogens with zero attached hydrogens (tertiary/aromatic N) is 1. The molecular formula is C14H26N2O4S. The van der Waals surface area contributed by atoms with E-state index in [-0.39, 0.29) is 11.9 Å². The molecule has 6 nitrogen and oxygen atoms in total. The zero-order valence-corrected chi connectivity index (χ0v) is 13.9. The van der Waals surface area contributed by atoms with Crippen LogP contribution >= 0.6 is 0 Å². The Balaban J connectivity index is 1.97. The first-order chi connectivity index (χ1) is 9.70. The highest BCUT2D eigenvalue weighted by molar-refractivity contribution is 7.88. The van der Waals surface area contributed by atoms with Crippen molar-refractivity contribution < 1.29 is 17.9 Å². The molecule has 2 aliphatic heterocycles. The van der Waals surface area contributed by atoms with Crippen molar-refractivity contribution in [3.63, 3.8) is 0 Å². The van der Waals surface area contributed by atoms with E-state index in [1.807, 2.05) is 13.8 Å². The van der Waals surface area contributed by atoms with Gasteiger partial charge >= 0.3 is 0 Å². The fourth-order valence-corrected chi connectivity index (χ4v) is 4.14. The topological polar surface area (TPSA) is 75.7 Å². The Hall–Kier alpha value is -0.660. The maximum Gasteiger partial charge on any atom is 0.228 e. The maximum atomic E-state index is 12.8. The van der Waals surface area contributed by atoms with Gasteiger partial charge in [-0.3, -0.25) is 4.79 Å². The number of likely N-dealkylation sites (tertiary alicyclic amines) is 1. The van der Waals surface area contributed by atoms with Gasteiger partial charge in [-0.05, 0) is 25.2 Å². The second-order valence-electron chi connectivity index (χ2n) is 6.74. The van der Waals surface area contributed by atoms with Crippen molar-refractivity contribution >= 4 is 15.9 Å². The van der Waals surface area contributed by atoms with Gasteiger partial charge in [-0.2, -0.15) is 0 Å². The van der Waals surface area contributed by atoms with Crippen LogP contribution in [-0.4, -0.2) is 57.8 Å². The summed E-state index contributed by atoms with van der Waals surface area (Å²) in [6.45, 7) is 6.54. The summed E-state index contributed by atoms with van der Waals surface area (Å²) in [5.74, 6) is 0.466. The van der Waals surface area contributed by atoms with Crippen LogP contribution in [0.2, 0.25) is 0 Å². The standard InChI is InChI=1S/C14H26N2O4S/c1-14(2,11-5-8-20-9-6-11)13(17)16-7-4-12(10-16)15-21(3,18)19/h11-12,15H,4-10H2,1-3H3/t12-/m0/s1. The third-order valence-corrected chi connectivity index (χ3v) is 5.41. The molecule has 0 aromatic rings. The number of nitrogens with one attached hydrogen (secondary N) is 1. The summed E-state index contributed by atoms with van der Waals surface area (Å²) < 4.78 is 30.5. The number of rotatable bonds is 4. The minimum atomic E-state index is -3.22. The number of hydrogen-bond donors (Lipinski definition) is 1. The van der Waals surface area contributed by atoms with Crippen LogP contribution in [0.5, 0.6) is 0 Å². The molecule has 0 unspecified atom stereocenters. The first-order valence-corrected chi connectivity index (χ1v) is 9.43. The van der Waals surface area contributed by atoms with Crippen LogP contribution < -0.4 is 4.72 Å². The third kappa shape index (κ3) is 4.17. The lowest BCUT2D eigenvalue weighted by molar-refractivity contribution is -0.144. The fraction of sp³-hybridized carbons (Fsp3) is 0.929. The molecule has 0 spiro atoms. The highest BCUT2D eigenvalue weighted by Crippen LogP contribution is 2.36. The second-order valence-corrected chi connectivity index (χ2v) is 8.52. The Labute approximate surface area is 127 Å². The summed E-state index contributed by atoms with van der Waals surface area (Å²) in [6, 6.07) is -0.158. The van der Waals surface area contributed by atoms with Gasteiger partial charge in [-0.15, -0.1) is 0 Å². The molecule has 0 aromatic heterocycles. The minimum absolute atomic E-state index is 0.132. The molecular weight excluding hydrogens is 292 g/mol. The summed E-state index contributed by atoms with van der Waals surface area (Å²) in [5, 5.41) is 0. The van der Waals surface area contributed by atoms with Crippen LogP contribution in [0, 0.1) is 11.3 Å². The smallest absolute Gasteiger partial charge is 0.228 e. The lowest BCUT2D eigenvalue weighted by atomic mass is 9.73. The van der Waals surface area contributed by atoms with E-state index in [9.17, 15) is 13.2 Å². The van der Waals surface area contributed by atoms with Crippen LogP contribution in [0.4, 0.5) is 0 Å². The molecule has 0 aromatic carbocycles. The van der Waals surface area contributed by atoms with Crippen molar-refractivity contribution in [2.24, 2.45) is 11.3 Å². The molecule has 122 valence electrons. The van der Waals surface area contributed by atoms with E-state index >= 15 is 0 Å². The van der Waals surface area contributed by atoms with Gasteiger partial charge in [0, 0.05) is 37.8 Å². The third-order valence-electron chi connectivity index (χ3n) is 4.65. The van der Waals surface area contributed by atoms with E-state index in [2.05, 4.69) is 4.72 Å². The Morgan fingerprint density at radius 3 is 2.43 bits per heavy atom. The van der Waals surface area contributed by atoms with Crippen LogP contribution in [0.15, 0.2) is 0 Å². The van der Waals surface area contributed by atoms with Crippen molar-refractivity contribution in [3.8, 4) is 0 Å². The normalized spacial score (nSPS) is 25.3. The quantitative estimate of drug-likeness (QED) is 0.823. The number of carbonyl (C=O) groups excluding carboxylic acids is 1. The van der Waals surface area contributed by atoms with Crippen molar-refractivity contribution in [1.82, 2.24) is 9.62 Å².